The van der Waals surface area contributed by atoms with Crippen LogP contribution < -0.4 is 11.1 Å². The highest BCUT2D eigenvalue weighted by molar-refractivity contribution is 6.05. The first kappa shape index (κ1) is 23.1. The Morgan fingerprint density at radius 3 is 2.72 bits per heavy atom. The molecule has 36 heavy (non-hydrogen) atoms. The number of rotatable bonds is 6. The van der Waals surface area contributed by atoms with Gasteiger partial charge in [0.25, 0.3) is 11.8 Å². The fraction of sp³-hybridized carbons (Fsp3) is 0.185. The molecule has 0 spiro atoms. The lowest BCUT2D eigenvalue weighted by molar-refractivity contribution is -0.136. The molecule has 9 heteroatoms. The maximum Gasteiger partial charge on any atom is 0.267 e. The molecule has 0 radical (unpaired) electrons. The highest BCUT2D eigenvalue weighted by atomic mass is 16.2. The molecule has 1 fully saturated rings. The van der Waals surface area contributed by atoms with Crippen molar-refractivity contribution in [2.75, 3.05) is 0 Å². The van der Waals surface area contributed by atoms with Gasteiger partial charge in [-0.25, -0.2) is 0 Å². The zero-order chi connectivity index (χ0) is 25.2. The van der Waals surface area contributed by atoms with Crippen molar-refractivity contribution in [1.29, 1.82) is 0 Å². The van der Waals surface area contributed by atoms with Crippen molar-refractivity contribution in [3.05, 3.63) is 88.9 Å². The van der Waals surface area contributed by atoms with Gasteiger partial charge >= 0.3 is 0 Å². The van der Waals surface area contributed by atoms with Crippen molar-refractivity contribution in [2.24, 2.45) is 5.73 Å². The van der Waals surface area contributed by atoms with E-state index in [9.17, 15) is 19.2 Å². The number of nitrogens with zero attached hydrogens (tertiary/aromatic N) is 3. The minimum Gasteiger partial charge on any atom is -0.364 e. The summed E-state index contributed by atoms with van der Waals surface area (Å²) in [6.45, 7) is 0.316. The van der Waals surface area contributed by atoms with Crippen molar-refractivity contribution < 1.29 is 19.2 Å². The van der Waals surface area contributed by atoms with Crippen LogP contribution in [0.3, 0.4) is 0 Å². The number of aromatic nitrogens is 2. The van der Waals surface area contributed by atoms with E-state index in [0.29, 0.717) is 24.9 Å². The standard InChI is InChI=1S/C27H23N5O4/c28-25(34)21-10-9-18(14-30-21)24-17(7-3-13-29-24)6-1-4-16-5-2-8-19-20(16)15-32(27(19)36)22-11-12-23(33)31-26(22)35/h1-5,7-10,13-14,22H,6,11-12,15H2,(H2,28,34)(H,31,33,35). The molecule has 2 aromatic heterocycles. The second-order valence-electron chi connectivity index (χ2n) is 8.69. The predicted molar refractivity (Wildman–Crippen MR) is 131 cm³/mol. The number of hydrogen-bond donors (Lipinski definition) is 2. The molecular weight excluding hydrogens is 458 g/mol. The summed E-state index contributed by atoms with van der Waals surface area (Å²) in [4.78, 5) is 58.3. The Labute approximate surface area is 207 Å². The zero-order valence-electron chi connectivity index (χ0n) is 19.3. The molecule has 9 nitrogen and oxygen atoms in total. The number of piperidine rings is 1. The number of allylic oxidation sites excluding steroid dienone is 1. The molecule has 2 aliphatic heterocycles. The first-order valence-corrected chi connectivity index (χ1v) is 11.6. The SMILES string of the molecule is NC(=O)c1ccc(-c2ncccc2CC=Cc2cccc3c2CN(C2CCC(=O)NC2=O)C3=O)cn1. The third-order valence-corrected chi connectivity index (χ3v) is 6.43. The Balaban J connectivity index is 1.35. The summed E-state index contributed by atoms with van der Waals surface area (Å²) in [5.41, 5.74) is 10.3. The van der Waals surface area contributed by atoms with Crippen molar-refractivity contribution in [1.82, 2.24) is 20.2 Å². The average molecular weight is 482 g/mol. The third-order valence-electron chi connectivity index (χ3n) is 6.43. The van der Waals surface area contributed by atoms with E-state index >= 15 is 0 Å². The van der Waals surface area contributed by atoms with Gasteiger partial charge in [0, 0.05) is 36.5 Å². The molecule has 180 valence electrons. The smallest absolute Gasteiger partial charge is 0.267 e. The van der Waals surface area contributed by atoms with Crippen molar-refractivity contribution in [3.8, 4) is 11.3 Å². The number of hydrogen-bond acceptors (Lipinski definition) is 6. The predicted octanol–water partition coefficient (Wildman–Crippen LogP) is 2.26. The molecule has 4 heterocycles. The van der Waals surface area contributed by atoms with Gasteiger partial charge in [0.2, 0.25) is 11.8 Å². The van der Waals surface area contributed by atoms with E-state index in [4.69, 9.17) is 5.73 Å². The van der Waals surface area contributed by atoms with Gasteiger partial charge in [-0.05, 0) is 53.8 Å². The number of nitrogens with one attached hydrogen (secondary N) is 1. The van der Waals surface area contributed by atoms with Gasteiger partial charge in [-0.2, -0.15) is 0 Å². The topological polar surface area (TPSA) is 135 Å². The van der Waals surface area contributed by atoms with Crippen LogP contribution in [-0.4, -0.2) is 44.5 Å². The maximum atomic E-state index is 13.0. The second kappa shape index (κ2) is 9.53. The lowest BCUT2D eigenvalue weighted by Crippen LogP contribution is -2.52. The van der Waals surface area contributed by atoms with E-state index in [1.165, 1.54) is 0 Å². The summed E-state index contributed by atoms with van der Waals surface area (Å²) in [7, 11) is 0. The number of benzene rings is 1. The normalized spacial score (nSPS) is 17.4. The fourth-order valence-electron chi connectivity index (χ4n) is 4.62. The average Bonchev–Trinajstić information content (AvgIpc) is 3.21. The van der Waals surface area contributed by atoms with Crippen LogP contribution in [0.2, 0.25) is 0 Å². The van der Waals surface area contributed by atoms with Crippen LogP contribution in [0.4, 0.5) is 0 Å². The third kappa shape index (κ3) is 4.38. The van der Waals surface area contributed by atoms with Gasteiger partial charge in [-0.1, -0.05) is 30.4 Å². The van der Waals surface area contributed by atoms with Crippen LogP contribution in [-0.2, 0) is 22.6 Å². The summed E-state index contributed by atoms with van der Waals surface area (Å²) in [5.74, 6) is -1.52. The van der Waals surface area contributed by atoms with Gasteiger partial charge in [0.1, 0.15) is 11.7 Å². The number of pyridine rings is 2. The lowest BCUT2D eigenvalue weighted by atomic mass is 10.0. The molecule has 1 aromatic carbocycles. The van der Waals surface area contributed by atoms with E-state index < -0.39 is 17.9 Å². The van der Waals surface area contributed by atoms with Crippen LogP contribution in [0.5, 0.6) is 0 Å². The Bertz CT molecular complexity index is 1410. The molecule has 1 saturated heterocycles. The molecule has 1 unspecified atom stereocenters. The van der Waals surface area contributed by atoms with Crippen LogP contribution >= 0.6 is 0 Å². The fourth-order valence-corrected chi connectivity index (χ4v) is 4.62. The van der Waals surface area contributed by atoms with Crippen molar-refractivity contribution in [2.45, 2.75) is 31.8 Å². The minimum absolute atomic E-state index is 0.190. The summed E-state index contributed by atoms with van der Waals surface area (Å²) in [6.07, 6.45) is 8.37. The van der Waals surface area contributed by atoms with E-state index in [1.807, 2.05) is 36.4 Å². The quantitative estimate of drug-likeness (QED) is 0.519. The zero-order valence-corrected chi connectivity index (χ0v) is 19.3. The van der Waals surface area contributed by atoms with Crippen LogP contribution in [0.1, 0.15) is 50.4 Å². The lowest BCUT2D eigenvalue weighted by Gasteiger charge is -2.29. The van der Waals surface area contributed by atoms with Gasteiger partial charge in [0.05, 0.1) is 5.69 Å². The maximum absolute atomic E-state index is 13.0. The Hall–Kier alpha value is -4.66. The molecule has 4 amide bonds. The number of imide groups is 1. The molecule has 2 aliphatic rings. The highest BCUT2D eigenvalue weighted by Gasteiger charge is 2.39. The number of primary amides is 1. The largest absolute Gasteiger partial charge is 0.364 e. The molecule has 3 N–H and O–H groups in total. The Morgan fingerprint density at radius 1 is 1.11 bits per heavy atom. The second-order valence-corrected chi connectivity index (χ2v) is 8.69. The molecule has 0 saturated carbocycles. The molecule has 3 aromatic rings. The van der Waals surface area contributed by atoms with Crippen LogP contribution in [0, 0.1) is 0 Å². The van der Waals surface area contributed by atoms with E-state index in [0.717, 1.165) is 27.9 Å². The van der Waals surface area contributed by atoms with Crippen LogP contribution in [0.15, 0.2) is 60.9 Å². The first-order valence-electron chi connectivity index (χ1n) is 11.6. The van der Waals surface area contributed by atoms with E-state index in [-0.39, 0.29) is 23.9 Å². The number of carbonyl (C=O) groups excluding carboxylic acids is 4. The Kier molecular flexibility index (Phi) is 6.12. The number of nitrogens with two attached hydrogens (primary N) is 1. The molecular formula is C27H23N5O4. The summed E-state index contributed by atoms with van der Waals surface area (Å²) >= 11 is 0. The van der Waals surface area contributed by atoms with Crippen molar-refractivity contribution in [3.63, 3.8) is 0 Å². The molecule has 1 atom stereocenters. The Morgan fingerprint density at radius 2 is 1.97 bits per heavy atom. The van der Waals surface area contributed by atoms with Gasteiger partial charge in [0.15, 0.2) is 0 Å². The summed E-state index contributed by atoms with van der Waals surface area (Å²) in [5, 5.41) is 2.33. The first-order chi connectivity index (χ1) is 17.4. The summed E-state index contributed by atoms with van der Waals surface area (Å²) in [6, 6.07) is 12.0. The monoisotopic (exact) mass is 481 g/mol. The molecule has 5 rings (SSSR count). The molecule has 0 bridgehead atoms. The van der Waals surface area contributed by atoms with E-state index in [2.05, 4.69) is 15.3 Å². The summed E-state index contributed by atoms with van der Waals surface area (Å²) < 4.78 is 0. The van der Waals surface area contributed by atoms with Crippen LogP contribution in [0.25, 0.3) is 17.3 Å². The van der Waals surface area contributed by atoms with Gasteiger partial charge < -0.3 is 10.6 Å². The highest BCUT2D eigenvalue weighted by Crippen LogP contribution is 2.30. The number of amides is 4. The number of carbonyl (C=O) groups is 4. The van der Waals surface area contributed by atoms with Crippen molar-refractivity contribution >= 4 is 29.7 Å². The van der Waals surface area contributed by atoms with E-state index in [1.54, 1.807) is 35.5 Å². The molecule has 0 aliphatic carbocycles. The minimum atomic E-state index is -0.646. The van der Waals surface area contributed by atoms with Gasteiger partial charge in [-0.3, -0.25) is 34.5 Å². The van der Waals surface area contributed by atoms with Gasteiger partial charge in [-0.15, -0.1) is 0 Å². The number of fused-ring (bicyclic) bond motifs is 1.